The normalized spacial score (nSPS) is 19.0. The Labute approximate surface area is 246 Å². The molecule has 4 aromatic rings. The summed E-state index contributed by atoms with van der Waals surface area (Å²) in [5.41, 5.74) is 19.8. The number of amides is 1. The van der Waals surface area contributed by atoms with E-state index in [1.807, 2.05) is 19.1 Å². The minimum absolute atomic E-state index is 0.0406. The molecule has 2 unspecified atom stereocenters. The lowest BCUT2D eigenvalue weighted by atomic mass is 10.0. The average molecular weight is 566 g/mol. The van der Waals surface area contributed by atoms with Gasteiger partial charge in [0.2, 0.25) is 5.91 Å². The molecule has 3 aliphatic rings. The van der Waals surface area contributed by atoms with Crippen molar-refractivity contribution >= 4 is 22.9 Å². The number of ether oxygens (including phenoxy) is 1. The van der Waals surface area contributed by atoms with Gasteiger partial charge < -0.3 is 21.1 Å². The highest BCUT2D eigenvalue weighted by Crippen LogP contribution is 2.40. The number of carbonyl (C=O) groups is 1. The number of pyridine rings is 2. The molecular weight excluding hydrogens is 526 g/mol. The quantitative estimate of drug-likeness (QED) is 0.343. The molecule has 218 valence electrons. The fourth-order valence-electron chi connectivity index (χ4n) is 5.79. The Kier molecular flexibility index (Phi) is 8.04. The highest BCUT2D eigenvalue weighted by atomic mass is 16.5. The summed E-state index contributed by atoms with van der Waals surface area (Å²) >= 11 is 0. The van der Waals surface area contributed by atoms with Crippen LogP contribution < -0.4 is 11.5 Å². The molecule has 1 saturated carbocycles. The molecule has 1 aliphatic heterocycles. The van der Waals surface area contributed by atoms with Crippen LogP contribution in [-0.4, -0.2) is 62.7 Å². The Morgan fingerprint density at radius 3 is 2.74 bits per heavy atom. The van der Waals surface area contributed by atoms with Crippen molar-refractivity contribution in [3.05, 3.63) is 78.1 Å². The third-order valence-corrected chi connectivity index (χ3v) is 8.46. The highest BCUT2D eigenvalue weighted by molar-refractivity contribution is 5.87. The molecule has 2 atom stereocenters. The van der Waals surface area contributed by atoms with Gasteiger partial charge in [-0.25, -0.2) is 15.0 Å². The van der Waals surface area contributed by atoms with Gasteiger partial charge in [-0.3, -0.25) is 9.36 Å². The Morgan fingerprint density at radius 2 is 1.98 bits per heavy atom. The van der Waals surface area contributed by atoms with E-state index in [-0.39, 0.29) is 17.9 Å². The molecule has 1 amide bonds. The van der Waals surface area contributed by atoms with Gasteiger partial charge in [-0.1, -0.05) is 12.6 Å². The van der Waals surface area contributed by atoms with Gasteiger partial charge in [-0.15, -0.1) is 0 Å². The number of hydrogen-bond donors (Lipinski definition) is 2. The van der Waals surface area contributed by atoms with Crippen LogP contribution in [0, 0.1) is 5.92 Å². The first-order valence-corrected chi connectivity index (χ1v) is 14.9. The van der Waals surface area contributed by atoms with Crippen molar-refractivity contribution in [2.24, 2.45) is 11.7 Å². The molecular formula is C33H39N7O2. The van der Waals surface area contributed by atoms with E-state index in [9.17, 15) is 4.79 Å². The van der Waals surface area contributed by atoms with Crippen molar-refractivity contribution in [1.29, 1.82) is 0 Å². The number of rotatable bonds is 5. The SMILES string of the molecule is C=CC(=O)N1CCOCC(C(C)N)C1.Nc1ncccc1-c1nc2ccc(C3CC3)nc2n1-c1ccc2c(c1)CCC2. The minimum Gasteiger partial charge on any atom is -0.383 e. The van der Waals surface area contributed by atoms with Crippen LogP contribution in [0.25, 0.3) is 28.2 Å². The van der Waals surface area contributed by atoms with Crippen molar-refractivity contribution < 1.29 is 9.53 Å². The summed E-state index contributed by atoms with van der Waals surface area (Å²) in [7, 11) is 0. The van der Waals surface area contributed by atoms with Crippen LogP contribution in [0.15, 0.2) is 61.3 Å². The molecule has 0 spiro atoms. The Hall–Kier alpha value is -4.08. The van der Waals surface area contributed by atoms with Gasteiger partial charge in [0.05, 0.1) is 18.8 Å². The lowest BCUT2D eigenvalue weighted by Crippen LogP contribution is -2.40. The van der Waals surface area contributed by atoms with E-state index < -0.39 is 0 Å². The molecule has 0 radical (unpaired) electrons. The Balaban J connectivity index is 0.000000192. The number of imidazole rings is 1. The van der Waals surface area contributed by atoms with Crippen molar-refractivity contribution in [3.8, 4) is 17.1 Å². The van der Waals surface area contributed by atoms with E-state index in [0.29, 0.717) is 38.0 Å². The number of carbonyl (C=O) groups excluding carboxylic acids is 1. The highest BCUT2D eigenvalue weighted by Gasteiger charge is 2.27. The Bertz CT molecular complexity index is 1610. The summed E-state index contributed by atoms with van der Waals surface area (Å²) in [5, 5.41) is 0. The monoisotopic (exact) mass is 565 g/mol. The second-order valence-corrected chi connectivity index (χ2v) is 11.5. The summed E-state index contributed by atoms with van der Waals surface area (Å²) in [6, 6.07) is 14.9. The minimum atomic E-state index is -0.0406. The number of aryl methyl sites for hydroxylation is 2. The molecule has 3 aromatic heterocycles. The first-order chi connectivity index (χ1) is 20.4. The van der Waals surface area contributed by atoms with Crippen molar-refractivity contribution in [1.82, 2.24) is 24.4 Å². The van der Waals surface area contributed by atoms with Crippen LogP contribution >= 0.6 is 0 Å². The van der Waals surface area contributed by atoms with Gasteiger partial charge in [-0.2, -0.15) is 0 Å². The molecule has 7 rings (SSSR count). The summed E-state index contributed by atoms with van der Waals surface area (Å²) in [6.45, 7) is 7.94. The molecule has 0 bridgehead atoms. The van der Waals surface area contributed by atoms with Crippen molar-refractivity contribution in [2.45, 2.75) is 51.0 Å². The zero-order valence-electron chi connectivity index (χ0n) is 24.2. The maximum absolute atomic E-state index is 11.4. The van der Waals surface area contributed by atoms with Gasteiger partial charge in [-0.05, 0) is 92.6 Å². The fraction of sp³-hybridized carbons (Fsp3) is 0.394. The third kappa shape index (κ3) is 5.80. The average Bonchev–Trinajstić information content (AvgIpc) is 3.70. The topological polar surface area (TPSA) is 125 Å². The molecule has 4 heterocycles. The van der Waals surface area contributed by atoms with Gasteiger partial charge in [0.15, 0.2) is 11.5 Å². The van der Waals surface area contributed by atoms with Crippen molar-refractivity contribution in [2.75, 3.05) is 32.0 Å². The standard InChI is InChI=1S/C23H21N5.C10H18N2O2/c24-21-18(5-2-12-25-21)22-27-20-11-10-19(15-6-7-15)26-23(20)28(22)17-9-8-14-3-1-4-16(14)13-17;1-3-10(13)12-4-5-14-7-9(6-12)8(2)11/h2,5,8-13,15H,1,3-4,6-7H2,(H2,24,25);3,8-9H,1,4-7,11H2,2H3. The number of nitrogens with two attached hydrogens (primary N) is 2. The second-order valence-electron chi connectivity index (χ2n) is 11.5. The van der Waals surface area contributed by atoms with Crippen LogP contribution in [0.1, 0.15) is 48.9 Å². The first-order valence-electron chi connectivity index (χ1n) is 14.9. The van der Waals surface area contributed by atoms with E-state index in [1.54, 1.807) is 11.1 Å². The number of nitrogen functional groups attached to an aromatic ring is 1. The third-order valence-electron chi connectivity index (χ3n) is 8.46. The lowest BCUT2D eigenvalue weighted by molar-refractivity contribution is -0.126. The summed E-state index contributed by atoms with van der Waals surface area (Å²) in [4.78, 5) is 27.4. The first kappa shape index (κ1) is 28.1. The zero-order chi connectivity index (χ0) is 29.2. The maximum Gasteiger partial charge on any atom is 0.246 e. The number of nitrogens with zero attached hydrogens (tertiary/aromatic N) is 5. The summed E-state index contributed by atoms with van der Waals surface area (Å²) in [6.07, 6.45) is 9.06. The van der Waals surface area contributed by atoms with Crippen LogP contribution in [0.4, 0.5) is 5.82 Å². The zero-order valence-corrected chi connectivity index (χ0v) is 24.2. The van der Waals surface area contributed by atoms with Gasteiger partial charge in [0.1, 0.15) is 11.3 Å². The van der Waals surface area contributed by atoms with E-state index in [4.69, 9.17) is 26.2 Å². The van der Waals surface area contributed by atoms with E-state index >= 15 is 0 Å². The van der Waals surface area contributed by atoms with Crippen LogP contribution in [0.5, 0.6) is 0 Å². The van der Waals surface area contributed by atoms with E-state index in [1.165, 1.54) is 48.6 Å². The van der Waals surface area contributed by atoms with Crippen LogP contribution in [0.3, 0.4) is 0 Å². The van der Waals surface area contributed by atoms with Crippen LogP contribution in [-0.2, 0) is 22.4 Å². The second kappa shape index (κ2) is 12.0. The molecule has 4 N–H and O–H groups in total. The number of hydrogen-bond acceptors (Lipinski definition) is 7. The van der Waals surface area contributed by atoms with Gasteiger partial charge in [0.25, 0.3) is 0 Å². The Morgan fingerprint density at radius 1 is 1.14 bits per heavy atom. The van der Waals surface area contributed by atoms with E-state index in [0.717, 1.165) is 34.7 Å². The predicted octanol–water partition coefficient (Wildman–Crippen LogP) is 4.43. The van der Waals surface area contributed by atoms with Crippen molar-refractivity contribution in [3.63, 3.8) is 0 Å². The molecule has 2 fully saturated rings. The largest absolute Gasteiger partial charge is 0.383 e. The smallest absolute Gasteiger partial charge is 0.246 e. The fourth-order valence-corrected chi connectivity index (χ4v) is 5.79. The molecule has 1 aromatic carbocycles. The number of fused-ring (bicyclic) bond motifs is 2. The molecule has 9 heteroatoms. The molecule has 9 nitrogen and oxygen atoms in total. The lowest BCUT2D eigenvalue weighted by Gasteiger charge is -2.24. The maximum atomic E-state index is 11.4. The molecule has 1 saturated heterocycles. The van der Waals surface area contributed by atoms with Gasteiger partial charge >= 0.3 is 0 Å². The molecule has 42 heavy (non-hydrogen) atoms. The number of aromatic nitrogens is 4. The summed E-state index contributed by atoms with van der Waals surface area (Å²) in [5.74, 6) is 2.07. The molecule has 2 aliphatic carbocycles. The predicted molar refractivity (Wildman–Crippen MR) is 165 cm³/mol. The van der Waals surface area contributed by atoms with Crippen LogP contribution in [0.2, 0.25) is 0 Å². The number of benzene rings is 1. The van der Waals surface area contributed by atoms with Gasteiger partial charge in [0, 0.05) is 48.5 Å². The number of anilines is 1. The van der Waals surface area contributed by atoms with E-state index in [2.05, 4.69) is 46.5 Å². The summed E-state index contributed by atoms with van der Waals surface area (Å²) < 4.78 is 7.55.